The molecule has 2 rings (SSSR count). The molecule has 0 spiro atoms. The number of aliphatic hydroxyl groups excluding tert-OH is 1. The van der Waals surface area contributed by atoms with E-state index in [-0.39, 0.29) is 24.8 Å². The van der Waals surface area contributed by atoms with E-state index in [0.717, 1.165) is 0 Å². The summed E-state index contributed by atoms with van der Waals surface area (Å²) in [7, 11) is 0. The van der Waals surface area contributed by atoms with Crippen molar-refractivity contribution < 1.29 is 29.7 Å². The van der Waals surface area contributed by atoms with E-state index in [9.17, 15) is 14.4 Å². The Morgan fingerprint density at radius 3 is 2.50 bits per heavy atom. The average Bonchev–Trinajstić information content (AvgIpc) is 3.02. The van der Waals surface area contributed by atoms with Crippen LogP contribution in [0, 0.1) is 17.8 Å². The standard InChI is InChI=1S/C12H18N2O6/c13-12(3-1-5-7(8(5)12)10(18)19)11(20)14-4-2-6(15)9(16)17/h5-8,15H,1-4,13H2,(H,14,20)(H,16,17)(H,18,19)/t5-,6?,7-,8-,12-/m0/s1. The molecule has 2 aliphatic carbocycles. The topological polar surface area (TPSA) is 150 Å². The zero-order valence-electron chi connectivity index (χ0n) is 10.8. The van der Waals surface area contributed by atoms with Crippen LogP contribution in [0.3, 0.4) is 0 Å². The molecule has 1 unspecified atom stereocenters. The van der Waals surface area contributed by atoms with Gasteiger partial charge in [0.25, 0.3) is 0 Å². The van der Waals surface area contributed by atoms with Crippen molar-refractivity contribution in [1.29, 1.82) is 0 Å². The molecule has 0 aromatic heterocycles. The largest absolute Gasteiger partial charge is 0.481 e. The summed E-state index contributed by atoms with van der Waals surface area (Å²) in [4.78, 5) is 33.5. The third-order valence-corrected chi connectivity index (χ3v) is 4.35. The van der Waals surface area contributed by atoms with Crippen molar-refractivity contribution >= 4 is 17.8 Å². The van der Waals surface area contributed by atoms with Crippen molar-refractivity contribution in [3.63, 3.8) is 0 Å². The highest BCUT2D eigenvalue weighted by Crippen LogP contribution is 2.61. The Morgan fingerprint density at radius 2 is 2.00 bits per heavy atom. The number of amides is 1. The predicted octanol–water partition coefficient (Wildman–Crippen LogP) is -1.62. The average molecular weight is 286 g/mol. The first-order chi connectivity index (χ1) is 9.29. The SMILES string of the molecule is N[C@@]1(C(=O)NCCC(O)C(=O)O)CC[C@H]2[C@H](C(=O)O)[C@H]21. The molecule has 0 aliphatic heterocycles. The van der Waals surface area contributed by atoms with Gasteiger partial charge < -0.3 is 26.4 Å². The second-order valence-electron chi connectivity index (χ2n) is 5.53. The monoisotopic (exact) mass is 286 g/mol. The molecular formula is C12H18N2O6. The van der Waals surface area contributed by atoms with Crippen LogP contribution in [0.2, 0.25) is 0 Å². The molecule has 2 aliphatic rings. The molecule has 1 amide bonds. The highest BCUT2D eigenvalue weighted by atomic mass is 16.4. The highest BCUT2D eigenvalue weighted by Gasteiger charge is 2.69. The molecule has 0 heterocycles. The first-order valence-corrected chi connectivity index (χ1v) is 6.50. The molecule has 2 fully saturated rings. The van der Waals surface area contributed by atoms with E-state index < -0.39 is 35.4 Å². The maximum absolute atomic E-state index is 12.1. The molecule has 2 saturated carbocycles. The summed E-state index contributed by atoms with van der Waals surface area (Å²) in [5.41, 5.74) is 4.85. The van der Waals surface area contributed by atoms with Gasteiger partial charge in [0, 0.05) is 18.9 Å². The minimum Gasteiger partial charge on any atom is -0.481 e. The molecule has 8 heteroatoms. The number of aliphatic carboxylic acids is 2. The predicted molar refractivity (Wildman–Crippen MR) is 65.5 cm³/mol. The summed E-state index contributed by atoms with van der Waals surface area (Å²) in [5.74, 6) is -3.67. The van der Waals surface area contributed by atoms with Crippen molar-refractivity contribution in [2.45, 2.75) is 30.9 Å². The van der Waals surface area contributed by atoms with Crippen molar-refractivity contribution in [2.24, 2.45) is 23.5 Å². The molecule has 0 bridgehead atoms. The Kier molecular flexibility index (Phi) is 3.70. The van der Waals surface area contributed by atoms with Gasteiger partial charge in [-0.15, -0.1) is 0 Å². The number of carbonyl (C=O) groups excluding carboxylic acids is 1. The Bertz CT molecular complexity index is 453. The van der Waals surface area contributed by atoms with E-state index in [1.165, 1.54) is 0 Å². The van der Waals surface area contributed by atoms with Gasteiger partial charge in [0.15, 0.2) is 6.10 Å². The van der Waals surface area contributed by atoms with Crippen molar-refractivity contribution in [3.05, 3.63) is 0 Å². The lowest BCUT2D eigenvalue weighted by molar-refractivity contribution is -0.147. The van der Waals surface area contributed by atoms with Crippen molar-refractivity contribution in [3.8, 4) is 0 Å². The van der Waals surface area contributed by atoms with Crippen molar-refractivity contribution in [1.82, 2.24) is 5.32 Å². The third kappa shape index (κ3) is 2.36. The molecule has 8 nitrogen and oxygen atoms in total. The number of nitrogens with one attached hydrogen (secondary N) is 1. The van der Waals surface area contributed by atoms with Crippen LogP contribution in [0.1, 0.15) is 19.3 Å². The van der Waals surface area contributed by atoms with E-state index in [1.54, 1.807) is 0 Å². The number of carboxylic acids is 2. The molecule has 0 saturated heterocycles. The Hall–Kier alpha value is -1.67. The number of carbonyl (C=O) groups is 3. The van der Waals surface area contributed by atoms with E-state index in [1.807, 2.05) is 0 Å². The van der Waals surface area contributed by atoms with Gasteiger partial charge in [0.1, 0.15) is 0 Å². The molecule has 112 valence electrons. The van der Waals surface area contributed by atoms with Gasteiger partial charge in [-0.25, -0.2) is 4.79 Å². The fraction of sp³-hybridized carbons (Fsp3) is 0.750. The molecular weight excluding hydrogens is 268 g/mol. The summed E-state index contributed by atoms with van der Waals surface area (Å²) in [6.45, 7) is -0.0135. The molecule has 0 aromatic carbocycles. The quantitative estimate of drug-likeness (QED) is 0.393. The Morgan fingerprint density at radius 1 is 1.35 bits per heavy atom. The smallest absolute Gasteiger partial charge is 0.332 e. The fourth-order valence-corrected chi connectivity index (χ4v) is 3.22. The number of hydrogen-bond donors (Lipinski definition) is 5. The lowest BCUT2D eigenvalue weighted by atomic mass is 9.90. The normalized spacial score (nSPS) is 36.0. The second-order valence-corrected chi connectivity index (χ2v) is 5.53. The van der Waals surface area contributed by atoms with Crippen LogP contribution in [-0.2, 0) is 14.4 Å². The molecule has 0 aromatic rings. The van der Waals surface area contributed by atoms with Crippen LogP contribution in [0.4, 0.5) is 0 Å². The van der Waals surface area contributed by atoms with Gasteiger partial charge in [0.05, 0.1) is 11.5 Å². The Labute approximate surface area is 114 Å². The summed E-state index contributed by atoms with van der Waals surface area (Å²) < 4.78 is 0. The molecule has 6 N–H and O–H groups in total. The van der Waals surface area contributed by atoms with E-state index in [4.69, 9.17) is 21.1 Å². The molecule has 5 atom stereocenters. The van der Waals surface area contributed by atoms with Crippen LogP contribution in [0.25, 0.3) is 0 Å². The van der Waals surface area contributed by atoms with Crippen LogP contribution in [0.15, 0.2) is 0 Å². The first-order valence-electron chi connectivity index (χ1n) is 6.50. The van der Waals surface area contributed by atoms with Crippen molar-refractivity contribution in [2.75, 3.05) is 6.54 Å². The minimum atomic E-state index is -1.53. The first kappa shape index (κ1) is 14.7. The van der Waals surface area contributed by atoms with Crippen LogP contribution in [0.5, 0.6) is 0 Å². The fourth-order valence-electron chi connectivity index (χ4n) is 3.22. The number of rotatable bonds is 6. The Balaban J connectivity index is 1.87. The lowest BCUT2D eigenvalue weighted by Crippen LogP contribution is -2.55. The second kappa shape index (κ2) is 5.02. The highest BCUT2D eigenvalue weighted by molar-refractivity contribution is 5.90. The maximum atomic E-state index is 12.1. The third-order valence-electron chi connectivity index (χ3n) is 4.35. The number of carboxylic acid groups (broad SMARTS) is 2. The summed E-state index contributed by atoms with van der Waals surface area (Å²) in [6.07, 6.45) is -0.607. The van der Waals surface area contributed by atoms with Gasteiger partial charge in [-0.05, 0) is 18.8 Å². The van der Waals surface area contributed by atoms with Crippen LogP contribution < -0.4 is 11.1 Å². The van der Waals surface area contributed by atoms with Gasteiger partial charge in [-0.1, -0.05) is 0 Å². The number of nitrogens with two attached hydrogens (primary N) is 1. The number of aliphatic hydroxyl groups is 1. The molecule has 0 radical (unpaired) electrons. The summed E-state index contributed by atoms with van der Waals surface area (Å²) in [6, 6.07) is 0. The van der Waals surface area contributed by atoms with Gasteiger partial charge in [-0.2, -0.15) is 0 Å². The number of hydrogen-bond acceptors (Lipinski definition) is 5. The summed E-state index contributed by atoms with van der Waals surface area (Å²) in [5, 5.41) is 29.1. The molecule has 20 heavy (non-hydrogen) atoms. The zero-order chi connectivity index (χ0) is 15.1. The van der Waals surface area contributed by atoms with Gasteiger partial charge >= 0.3 is 11.9 Å². The van der Waals surface area contributed by atoms with E-state index >= 15 is 0 Å². The van der Waals surface area contributed by atoms with Crippen LogP contribution in [-0.4, -0.2) is 51.4 Å². The van der Waals surface area contributed by atoms with E-state index in [2.05, 4.69) is 5.32 Å². The van der Waals surface area contributed by atoms with Crippen LogP contribution >= 0.6 is 0 Å². The maximum Gasteiger partial charge on any atom is 0.332 e. The van der Waals surface area contributed by atoms with Gasteiger partial charge in [-0.3, -0.25) is 9.59 Å². The van der Waals surface area contributed by atoms with E-state index in [0.29, 0.717) is 12.8 Å². The lowest BCUT2D eigenvalue weighted by Gasteiger charge is -2.25. The number of fused-ring (bicyclic) bond motifs is 1. The van der Waals surface area contributed by atoms with Gasteiger partial charge in [0.2, 0.25) is 5.91 Å². The minimum absolute atomic E-state index is 0.0135. The zero-order valence-corrected chi connectivity index (χ0v) is 10.8. The summed E-state index contributed by atoms with van der Waals surface area (Å²) >= 11 is 0.